The number of hydrogen-bond donors (Lipinski definition) is 3. The van der Waals surface area contributed by atoms with E-state index in [1.54, 1.807) is 0 Å². The van der Waals surface area contributed by atoms with E-state index in [1.165, 1.54) is 37.9 Å². The fraction of sp³-hybridized carbons (Fsp3) is 0.579. The fourth-order valence-electron chi connectivity index (χ4n) is 2.66. The lowest BCUT2D eigenvalue weighted by Gasteiger charge is -2.26. The van der Waals surface area contributed by atoms with Crippen LogP contribution in [0.15, 0.2) is 24.3 Å². The highest BCUT2D eigenvalue weighted by Crippen LogP contribution is 2.17. The number of nitrogens with one attached hydrogen (secondary N) is 1. The summed E-state index contributed by atoms with van der Waals surface area (Å²) >= 11 is 0. The minimum Gasteiger partial charge on any atom is -0.494 e. The van der Waals surface area contributed by atoms with E-state index in [-0.39, 0.29) is 5.91 Å². The van der Waals surface area contributed by atoms with Crippen LogP contribution < -0.4 is 10.1 Å². The molecule has 2 rings (SSSR count). The second-order valence-corrected chi connectivity index (χ2v) is 6.21. The van der Waals surface area contributed by atoms with Gasteiger partial charge in [0.25, 0.3) is 5.97 Å². The Kier molecular flexibility index (Phi) is 11.1. The van der Waals surface area contributed by atoms with Gasteiger partial charge in [0.05, 0.1) is 6.61 Å². The third-order valence-electron chi connectivity index (χ3n) is 3.81. The maximum absolute atomic E-state index is 10.9. The lowest BCUT2D eigenvalue weighted by Crippen LogP contribution is -2.29. The van der Waals surface area contributed by atoms with Crippen LogP contribution in [0.4, 0.5) is 0 Å². The standard InChI is InChI=1S/C17H26N2O3.C2H4O2/c20-14-17(21)18-8-5-11-22-16-7-4-6-15(12-16)13-19-9-2-1-3-10-19;1-2(3)4/h4,6-7,12,20H,1-3,5,8-11,13-14H2,(H,18,21);1H3,(H,3,4). The van der Waals surface area contributed by atoms with Gasteiger partial charge in [-0.3, -0.25) is 14.5 Å². The van der Waals surface area contributed by atoms with Gasteiger partial charge < -0.3 is 20.3 Å². The largest absolute Gasteiger partial charge is 0.494 e. The van der Waals surface area contributed by atoms with Crippen molar-refractivity contribution in [2.75, 3.05) is 32.8 Å². The van der Waals surface area contributed by atoms with Crippen molar-refractivity contribution >= 4 is 11.9 Å². The number of aliphatic carboxylic acids is 1. The van der Waals surface area contributed by atoms with Gasteiger partial charge in [-0.1, -0.05) is 18.6 Å². The zero-order chi connectivity index (χ0) is 19.2. The summed E-state index contributed by atoms with van der Waals surface area (Å²) in [7, 11) is 0. The molecule has 1 heterocycles. The van der Waals surface area contributed by atoms with Crippen molar-refractivity contribution in [2.24, 2.45) is 0 Å². The molecular formula is C19H30N2O5. The van der Waals surface area contributed by atoms with E-state index in [0.717, 1.165) is 25.6 Å². The number of ether oxygens (including phenoxy) is 1. The van der Waals surface area contributed by atoms with Crippen molar-refractivity contribution in [3.8, 4) is 5.75 Å². The highest BCUT2D eigenvalue weighted by atomic mass is 16.5. The minimum atomic E-state index is -0.833. The molecule has 0 radical (unpaired) electrons. The molecule has 3 N–H and O–H groups in total. The average molecular weight is 366 g/mol. The van der Waals surface area contributed by atoms with E-state index >= 15 is 0 Å². The molecule has 0 atom stereocenters. The summed E-state index contributed by atoms with van der Waals surface area (Å²) in [5.74, 6) is -0.300. The van der Waals surface area contributed by atoms with Crippen LogP contribution in [0.25, 0.3) is 0 Å². The van der Waals surface area contributed by atoms with E-state index in [2.05, 4.69) is 22.3 Å². The number of nitrogens with zero attached hydrogens (tertiary/aromatic N) is 1. The second kappa shape index (κ2) is 13.1. The molecule has 0 aromatic heterocycles. The van der Waals surface area contributed by atoms with Gasteiger partial charge in [0.15, 0.2) is 0 Å². The van der Waals surface area contributed by atoms with Crippen molar-refractivity contribution < 1.29 is 24.5 Å². The second-order valence-electron chi connectivity index (χ2n) is 6.21. The molecule has 146 valence electrons. The smallest absolute Gasteiger partial charge is 0.300 e. The SMILES string of the molecule is CC(=O)O.O=C(CO)NCCCOc1cccc(CN2CCCCC2)c1. The Labute approximate surface area is 155 Å². The number of aliphatic hydroxyl groups excluding tert-OH is 1. The summed E-state index contributed by atoms with van der Waals surface area (Å²) < 4.78 is 5.72. The lowest BCUT2D eigenvalue weighted by molar-refractivity contribution is -0.134. The van der Waals surface area contributed by atoms with E-state index < -0.39 is 12.6 Å². The molecule has 1 amide bonds. The van der Waals surface area contributed by atoms with E-state index in [9.17, 15) is 4.79 Å². The molecule has 1 aromatic carbocycles. The molecule has 0 bridgehead atoms. The van der Waals surface area contributed by atoms with Crippen LogP contribution in [-0.2, 0) is 16.1 Å². The zero-order valence-corrected chi connectivity index (χ0v) is 15.4. The Bertz CT molecular complexity index is 540. The first-order chi connectivity index (χ1) is 12.5. The molecule has 0 spiro atoms. The average Bonchev–Trinajstić information content (AvgIpc) is 2.62. The van der Waals surface area contributed by atoms with Crippen molar-refractivity contribution in [3.63, 3.8) is 0 Å². The Balaban J connectivity index is 0.000000765. The predicted octanol–water partition coefficient (Wildman–Crippen LogP) is 1.64. The highest BCUT2D eigenvalue weighted by Gasteiger charge is 2.10. The Morgan fingerprint density at radius 2 is 1.92 bits per heavy atom. The molecule has 0 saturated carbocycles. The third kappa shape index (κ3) is 10.7. The van der Waals surface area contributed by atoms with E-state index in [0.29, 0.717) is 13.2 Å². The summed E-state index contributed by atoms with van der Waals surface area (Å²) in [6.45, 7) is 5.07. The van der Waals surface area contributed by atoms with Gasteiger partial charge in [0, 0.05) is 20.0 Å². The van der Waals surface area contributed by atoms with E-state index in [1.807, 2.05) is 12.1 Å². The van der Waals surface area contributed by atoms with Crippen LogP contribution >= 0.6 is 0 Å². The Morgan fingerprint density at radius 3 is 2.58 bits per heavy atom. The summed E-state index contributed by atoms with van der Waals surface area (Å²) in [6, 6.07) is 8.23. The Morgan fingerprint density at radius 1 is 1.23 bits per heavy atom. The van der Waals surface area contributed by atoms with Crippen LogP contribution in [0.2, 0.25) is 0 Å². The lowest BCUT2D eigenvalue weighted by atomic mass is 10.1. The van der Waals surface area contributed by atoms with Gasteiger partial charge >= 0.3 is 0 Å². The molecule has 26 heavy (non-hydrogen) atoms. The minimum absolute atomic E-state index is 0.344. The zero-order valence-electron chi connectivity index (χ0n) is 15.4. The third-order valence-corrected chi connectivity index (χ3v) is 3.81. The van der Waals surface area contributed by atoms with Crippen molar-refractivity contribution in [1.82, 2.24) is 10.2 Å². The molecule has 1 aromatic rings. The monoisotopic (exact) mass is 366 g/mol. The molecule has 0 aliphatic carbocycles. The first-order valence-corrected chi connectivity index (χ1v) is 9.02. The Hall–Kier alpha value is -2.12. The van der Waals surface area contributed by atoms with Crippen LogP contribution in [0.1, 0.15) is 38.2 Å². The van der Waals surface area contributed by atoms with Crippen LogP contribution in [0, 0.1) is 0 Å². The normalized spacial score (nSPS) is 14.1. The maximum atomic E-state index is 10.9. The number of carbonyl (C=O) groups is 2. The first kappa shape index (κ1) is 21.9. The molecular weight excluding hydrogens is 336 g/mol. The number of rotatable bonds is 8. The van der Waals surface area contributed by atoms with Crippen molar-refractivity contribution in [1.29, 1.82) is 0 Å². The molecule has 1 aliphatic heterocycles. The van der Waals surface area contributed by atoms with Crippen LogP contribution in [-0.4, -0.2) is 59.8 Å². The van der Waals surface area contributed by atoms with Gasteiger partial charge in [0.1, 0.15) is 12.4 Å². The highest BCUT2D eigenvalue weighted by molar-refractivity contribution is 5.76. The van der Waals surface area contributed by atoms with E-state index in [4.69, 9.17) is 19.7 Å². The number of aliphatic hydroxyl groups is 1. The molecule has 7 nitrogen and oxygen atoms in total. The number of piperidine rings is 1. The molecule has 1 fully saturated rings. The van der Waals surface area contributed by atoms with Crippen LogP contribution in [0.5, 0.6) is 5.75 Å². The molecule has 1 saturated heterocycles. The quantitative estimate of drug-likeness (QED) is 0.605. The predicted molar refractivity (Wildman–Crippen MR) is 99.1 cm³/mol. The number of likely N-dealkylation sites (tertiary alicyclic amines) is 1. The summed E-state index contributed by atoms with van der Waals surface area (Å²) in [4.78, 5) is 22.4. The van der Waals surface area contributed by atoms with Gasteiger partial charge in [-0.2, -0.15) is 0 Å². The first-order valence-electron chi connectivity index (χ1n) is 9.02. The maximum Gasteiger partial charge on any atom is 0.300 e. The summed E-state index contributed by atoms with van der Waals surface area (Å²) in [6.07, 6.45) is 4.68. The summed E-state index contributed by atoms with van der Waals surface area (Å²) in [5.41, 5.74) is 1.29. The number of carboxylic acids is 1. The topological polar surface area (TPSA) is 99.1 Å². The molecule has 7 heteroatoms. The van der Waals surface area contributed by atoms with Gasteiger partial charge in [-0.15, -0.1) is 0 Å². The van der Waals surface area contributed by atoms with Crippen molar-refractivity contribution in [3.05, 3.63) is 29.8 Å². The van der Waals surface area contributed by atoms with Gasteiger partial charge in [0.2, 0.25) is 5.91 Å². The van der Waals surface area contributed by atoms with Crippen LogP contribution in [0.3, 0.4) is 0 Å². The fourth-order valence-corrected chi connectivity index (χ4v) is 2.66. The van der Waals surface area contributed by atoms with Crippen molar-refractivity contribution in [2.45, 2.75) is 39.2 Å². The molecule has 0 unspecified atom stereocenters. The van der Waals surface area contributed by atoms with Gasteiger partial charge in [-0.25, -0.2) is 0 Å². The number of benzene rings is 1. The number of amides is 1. The number of carboxylic acid groups (broad SMARTS) is 1. The number of hydrogen-bond acceptors (Lipinski definition) is 5. The summed E-state index contributed by atoms with van der Waals surface area (Å²) in [5, 5.41) is 18.6. The van der Waals surface area contributed by atoms with Gasteiger partial charge in [-0.05, 0) is 50.0 Å². The molecule has 1 aliphatic rings. The number of carbonyl (C=O) groups excluding carboxylic acids is 1.